The molecule has 8 heteroatoms. The van der Waals surface area contributed by atoms with Gasteiger partial charge in [0, 0.05) is 5.56 Å². The second kappa shape index (κ2) is 7.45. The van der Waals surface area contributed by atoms with Crippen LogP contribution < -0.4 is 9.47 Å². The summed E-state index contributed by atoms with van der Waals surface area (Å²) in [5, 5.41) is 11.9. The van der Waals surface area contributed by atoms with Crippen LogP contribution >= 0.6 is 11.8 Å². The molecule has 0 unspecified atom stereocenters. The molecule has 23 heavy (non-hydrogen) atoms. The summed E-state index contributed by atoms with van der Waals surface area (Å²) < 4.78 is 12.1. The Morgan fingerprint density at radius 2 is 1.87 bits per heavy atom. The van der Waals surface area contributed by atoms with Crippen LogP contribution in [0, 0.1) is 0 Å². The van der Waals surface area contributed by atoms with Crippen LogP contribution in [0.2, 0.25) is 0 Å². The van der Waals surface area contributed by atoms with Crippen LogP contribution in [-0.4, -0.2) is 45.5 Å². The molecule has 0 saturated heterocycles. The highest BCUT2D eigenvalue weighted by Crippen LogP contribution is 2.30. The summed E-state index contributed by atoms with van der Waals surface area (Å²) in [6.07, 6.45) is 0. The maximum Gasteiger partial charge on any atom is 0.210 e. The molecule has 7 nitrogen and oxygen atoms in total. The summed E-state index contributed by atoms with van der Waals surface area (Å²) in [6.45, 7) is 5.81. The van der Waals surface area contributed by atoms with Crippen molar-refractivity contribution in [2.24, 2.45) is 0 Å². The van der Waals surface area contributed by atoms with E-state index in [1.165, 1.54) is 11.8 Å². The Bertz CT molecular complexity index is 687. The van der Waals surface area contributed by atoms with Gasteiger partial charge in [0.15, 0.2) is 17.3 Å². The molecule has 0 N–H and O–H groups in total. The predicted octanol–water partition coefficient (Wildman–Crippen LogP) is 2.63. The zero-order valence-electron chi connectivity index (χ0n) is 13.8. The molecule has 1 atom stereocenters. The molecule has 1 aromatic heterocycles. The van der Waals surface area contributed by atoms with Crippen molar-refractivity contribution in [1.82, 2.24) is 20.2 Å². The SMILES string of the molecule is COc1ccc(C(=O)[C@@H](C)Sc2nnnn2C(C)C)cc1OC. The molecule has 0 spiro atoms. The van der Waals surface area contributed by atoms with Gasteiger partial charge in [-0.2, -0.15) is 0 Å². The van der Waals surface area contributed by atoms with E-state index in [4.69, 9.17) is 9.47 Å². The summed E-state index contributed by atoms with van der Waals surface area (Å²) >= 11 is 1.34. The van der Waals surface area contributed by atoms with Crippen LogP contribution in [0.5, 0.6) is 11.5 Å². The van der Waals surface area contributed by atoms with Crippen molar-refractivity contribution < 1.29 is 14.3 Å². The highest BCUT2D eigenvalue weighted by molar-refractivity contribution is 8.00. The number of methoxy groups -OCH3 is 2. The molecule has 0 fully saturated rings. The number of benzene rings is 1. The van der Waals surface area contributed by atoms with E-state index >= 15 is 0 Å². The fourth-order valence-electron chi connectivity index (χ4n) is 2.02. The van der Waals surface area contributed by atoms with Crippen LogP contribution in [0.4, 0.5) is 0 Å². The van der Waals surface area contributed by atoms with Gasteiger partial charge in [0.1, 0.15) is 0 Å². The van der Waals surface area contributed by atoms with Gasteiger partial charge in [0.2, 0.25) is 5.16 Å². The molecule has 0 saturated carbocycles. The maximum atomic E-state index is 12.6. The number of aromatic nitrogens is 4. The zero-order valence-corrected chi connectivity index (χ0v) is 14.6. The smallest absolute Gasteiger partial charge is 0.210 e. The average molecular weight is 336 g/mol. The number of ether oxygens (including phenoxy) is 2. The predicted molar refractivity (Wildman–Crippen MR) is 87.4 cm³/mol. The molecular formula is C15H20N4O3S. The van der Waals surface area contributed by atoms with E-state index in [0.29, 0.717) is 22.2 Å². The van der Waals surface area contributed by atoms with Gasteiger partial charge in [-0.25, -0.2) is 4.68 Å². The van der Waals surface area contributed by atoms with Crippen LogP contribution in [0.15, 0.2) is 23.4 Å². The average Bonchev–Trinajstić information content (AvgIpc) is 3.01. The van der Waals surface area contributed by atoms with Gasteiger partial charge >= 0.3 is 0 Å². The van der Waals surface area contributed by atoms with Gasteiger partial charge < -0.3 is 9.47 Å². The molecule has 0 amide bonds. The zero-order chi connectivity index (χ0) is 17.0. The molecule has 0 aliphatic heterocycles. The largest absolute Gasteiger partial charge is 0.493 e. The topological polar surface area (TPSA) is 79.1 Å². The number of ketones is 1. The lowest BCUT2D eigenvalue weighted by atomic mass is 10.1. The molecule has 2 rings (SSSR count). The molecule has 0 bridgehead atoms. The Hall–Kier alpha value is -2.09. The summed E-state index contributed by atoms with van der Waals surface area (Å²) in [6, 6.07) is 5.27. The molecule has 124 valence electrons. The first-order valence-corrected chi connectivity index (χ1v) is 8.06. The number of tetrazole rings is 1. The van der Waals surface area contributed by atoms with Gasteiger partial charge in [0.25, 0.3) is 0 Å². The summed E-state index contributed by atoms with van der Waals surface area (Å²) in [5.41, 5.74) is 0.561. The fourth-order valence-corrected chi connectivity index (χ4v) is 3.02. The maximum absolute atomic E-state index is 12.6. The van der Waals surface area contributed by atoms with Crippen molar-refractivity contribution in [1.29, 1.82) is 0 Å². The monoisotopic (exact) mass is 336 g/mol. The van der Waals surface area contributed by atoms with Crippen LogP contribution in [0.25, 0.3) is 0 Å². The van der Waals surface area contributed by atoms with E-state index in [2.05, 4.69) is 15.5 Å². The molecule has 1 heterocycles. The molecule has 2 aromatic rings. The van der Waals surface area contributed by atoms with Crippen molar-refractivity contribution in [2.75, 3.05) is 14.2 Å². The first kappa shape index (κ1) is 17.3. The van der Waals surface area contributed by atoms with Gasteiger partial charge in [0.05, 0.1) is 25.5 Å². The van der Waals surface area contributed by atoms with E-state index in [0.717, 1.165) is 0 Å². The Balaban J connectivity index is 2.18. The lowest BCUT2D eigenvalue weighted by molar-refractivity contribution is 0.0993. The fraction of sp³-hybridized carbons (Fsp3) is 0.467. The van der Waals surface area contributed by atoms with Crippen molar-refractivity contribution in [2.45, 2.75) is 37.2 Å². The van der Waals surface area contributed by atoms with E-state index < -0.39 is 0 Å². The van der Waals surface area contributed by atoms with Gasteiger partial charge in [-0.1, -0.05) is 11.8 Å². The minimum atomic E-state index is -0.323. The van der Waals surface area contributed by atoms with Gasteiger partial charge in [-0.3, -0.25) is 4.79 Å². The second-order valence-corrected chi connectivity index (χ2v) is 6.50. The number of thioether (sulfide) groups is 1. The quantitative estimate of drug-likeness (QED) is 0.568. The minimum Gasteiger partial charge on any atom is -0.493 e. The molecule has 0 radical (unpaired) electrons. The Labute approximate surface area is 139 Å². The van der Waals surface area contributed by atoms with Crippen molar-refractivity contribution in [3.05, 3.63) is 23.8 Å². The third-order valence-electron chi connectivity index (χ3n) is 3.27. The normalized spacial score (nSPS) is 12.3. The van der Waals surface area contributed by atoms with Gasteiger partial charge in [-0.15, -0.1) is 5.10 Å². The number of rotatable bonds is 7. The molecule has 0 aliphatic rings. The van der Waals surface area contributed by atoms with Crippen molar-refractivity contribution in [3.63, 3.8) is 0 Å². The standard InChI is InChI=1S/C15H20N4O3S/c1-9(2)19-15(16-17-18-19)23-10(3)14(20)11-6-7-12(21-4)13(8-11)22-5/h6-10H,1-5H3/t10-/m1/s1. The van der Waals surface area contributed by atoms with Crippen LogP contribution in [-0.2, 0) is 0 Å². The Morgan fingerprint density at radius 3 is 2.48 bits per heavy atom. The van der Waals surface area contributed by atoms with E-state index in [9.17, 15) is 4.79 Å². The molecule has 0 aliphatic carbocycles. The van der Waals surface area contributed by atoms with Crippen LogP contribution in [0.3, 0.4) is 0 Å². The Kier molecular flexibility index (Phi) is 5.59. The summed E-state index contributed by atoms with van der Waals surface area (Å²) in [5.74, 6) is 1.10. The number of hydrogen-bond acceptors (Lipinski definition) is 7. The number of Topliss-reactive ketones (excluding diaryl/α,β-unsaturated/α-hetero) is 1. The highest BCUT2D eigenvalue weighted by Gasteiger charge is 2.21. The minimum absolute atomic E-state index is 0.0192. The number of nitrogens with zero attached hydrogens (tertiary/aromatic N) is 4. The Morgan fingerprint density at radius 1 is 1.17 bits per heavy atom. The highest BCUT2D eigenvalue weighted by atomic mass is 32.2. The van der Waals surface area contributed by atoms with Crippen molar-refractivity contribution in [3.8, 4) is 11.5 Å². The number of hydrogen-bond donors (Lipinski definition) is 0. The lowest BCUT2D eigenvalue weighted by Crippen LogP contribution is -2.15. The van der Waals surface area contributed by atoms with Crippen LogP contribution in [0.1, 0.15) is 37.2 Å². The van der Waals surface area contributed by atoms with E-state index in [1.54, 1.807) is 37.1 Å². The third kappa shape index (κ3) is 3.82. The van der Waals surface area contributed by atoms with E-state index in [-0.39, 0.29) is 17.1 Å². The lowest BCUT2D eigenvalue weighted by Gasteiger charge is -2.13. The first-order valence-electron chi connectivity index (χ1n) is 7.18. The van der Waals surface area contributed by atoms with Gasteiger partial charge in [-0.05, 0) is 49.4 Å². The first-order chi connectivity index (χ1) is 11.0. The summed E-state index contributed by atoms with van der Waals surface area (Å²) in [7, 11) is 3.10. The second-order valence-electron chi connectivity index (χ2n) is 5.19. The van der Waals surface area contributed by atoms with Crippen molar-refractivity contribution >= 4 is 17.5 Å². The molecular weight excluding hydrogens is 316 g/mol. The number of carbonyl (C=O) groups is 1. The summed E-state index contributed by atoms with van der Waals surface area (Å²) in [4.78, 5) is 12.6. The van der Waals surface area contributed by atoms with E-state index in [1.807, 2.05) is 20.8 Å². The third-order valence-corrected chi connectivity index (χ3v) is 4.32. The molecule has 1 aromatic carbocycles. The number of carbonyl (C=O) groups excluding carboxylic acids is 1.